The van der Waals surface area contributed by atoms with Crippen LogP contribution in [-0.4, -0.2) is 70.6 Å². The van der Waals surface area contributed by atoms with Crippen LogP contribution in [0, 0.1) is 5.92 Å². The average Bonchev–Trinajstić information content (AvgIpc) is 2.98. The van der Waals surface area contributed by atoms with E-state index >= 15 is 0 Å². The lowest BCUT2D eigenvalue weighted by atomic mass is 9.96. The smallest absolute Gasteiger partial charge is 0.326 e. The van der Waals surface area contributed by atoms with Gasteiger partial charge in [-0.1, -0.05) is 62.7 Å². The van der Waals surface area contributed by atoms with E-state index in [4.69, 9.17) is 17.2 Å². The Morgan fingerprint density at radius 3 is 2.00 bits per heavy atom. The number of carboxylic acid groups (broad SMARTS) is 1. The van der Waals surface area contributed by atoms with E-state index in [9.17, 15) is 29.4 Å². The molecule has 5 atom stereocenters. The fourth-order valence-corrected chi connectivity index (χ4v) is 4.27. The van der Waals surface area contributed by atoms with Crippen LogP contribution in [0.3, 0.4) is 0 Å². The van der Waals surface area contributed by atoms with Crippen molar-refractivity contribution < 1.29 is 29.4 Å². The molecule has 234 valence electrons. The van der Waals surface area contributed by atoms with Crippen molar-refractivity contribution in [3.8, 4) is 5.75 Å². The lowest BCUT2D eigenvalue weighted by Crippen LogP contribution is -2.59. The monoisotopic (exact) mass is 597 g/mol. The van der Waals surface area contributed by atoms with Crippen LogP contribution in [0.25, 0.3) is 0 Å². The number of hydrogen-bond donors (Lipinski definition) is 8. The van der Waals surface area contributed by atoms with Crippen molar-refractivity contribution in [2.24, 2.45) is 28.1 Å². The van der Waals surface area contributed by atoms with Crippen LogP contribution in [0.15, 0.2) is 59.6 Å². The first kappa shape index (κ1) is 34.6. The van der Waals surface area contributed by atoms with Crippen LogP contribution in [0.1, 0.15) is 44.2 Å². The van der Waals surface area contributed by atoms with Crippen molar-refractivity contribution in [1.82, 2.24) is 16.0 Å². The molecule has 0 radical (unpaired) electrons. The summed E-state index contributed by atoms with van der Waals surface area (Å²) in [6, 6.07) is 10.6. The number of aliphatic imine (C=N–C) groups is 1. The van der Waals surface area contributed by atoms with E-state index in [1.165, 1.54) is 12.1 Å². The standard InChI is InChI=1S/C30H43N7O6/c1-3-18(2)25(28(41)36-24(29(42)43)17-19-8-5-4-6-9-19)37-27(40)23(16-20-11-13-21(38)14-12-20)35-26(39)22(31)10-7-15-34-30(32)33/h4-6,8-9,11-14,18,22-25,38H,3,7,10,15-17,31H2,1-2H3,(H,35,39)(H,36,41)(H,37,40)(H,42,43)(H4,32,33,34). The Morgan fingerprint density at radius 2 is 1.42 bits per heavy atom. The number of phenolic OH excluding ortho intramolecular Hbond substituents is 1. The summed E-state index contributed by atoms with van der Waals surface area (Å²) in [6.45, 7) is 3.89. The molecule has 13 nitrogen and oxygen atoms in total. The number of phenols is 1. The second-order valence-corrected chi connectivity index (χ2v) is 10.4. The first-order valence-electron chi connectivity index (χ1n) is 14.2. The summed E-state index contributed by atoms with van der Waals surface area (Å²) in [7, 11) is 0. The summed E-state index contributed by atoms with van der Waals surface area (Å²) in [6.07, 6.45) is 1.30. The van der Waals surface area contributed by atoms with Gasteiger partial charge in [0.1, 0.15) is 23.9 Å². The van der Waals surface area contributed by atoms with Gasteiger partial charge in [-0.2, -0.15) is 0 Å². The van der Waals surface area contributed by atoms with Gasteiger partial charge in [0, 0.05) is 19.4 Å². The van der Waals surface area contributed by atoms with Gasteiger partial charge in [0.15, 0.2) is 5.96 Å². The van der Waals surface area contributed by atoms with Gasteiger partial charge in [0.2, 0.25) is 17.7 Å². The van der Waals surface area contributed by atoms with E-state index in [1.54, 1.807) is 49.4 Å². The Balaban J connectivity index is 2.21. The molecular weight excluding hydrogens is 554 g/mol. The Hall–Kier alpha value is -4.65. The van der Waals surface area contributed by atoms with Gasteiger partial charge in [-0.15, -0.1) is 0 Å². The van der Waals surface area contributed by atoms with Crippen LogP contribution < -0.4 is 33.2 Å². The molecule has 2 aromatic carbocycles. The highest BCUT2D eigenvalue weighted by molar-refractivity contribution is 5.94. The van der Waals surface area contributed by atoms with Crippen LogP contribution in [0.5, 0.6) is 5.75 Å². The van der Waals surface area contributed by atoms with Crippen molar-refractivity contribution in [3.05, 3.63) is 65.7 Å². The molecule has 0 aliphatic heterocycles. The van der Waals surface area contributed by atoms with Crippen LogP contribution in [-0.2, 0) is 32.0 Å². The minimum absolute atomic E-state index is 0.0357. The molecule has 0 bridgehead atoms. The van der Waals surface area contributed by atoms with Crippen molar-refractivity contribution in [1.29, 1.82) is 0 Å². The molecule has 0 aromatic heterocycles. The molecule has 3 amide bonds. The predicted octanol–water partition coefficient (Wildman–Crippen LogP) is 0.143. The van der Waals surface area contributed by atoms with Crippen molar-refractivity contribution >= 4 is 29.7 Å². The summed E-state index contributed by atoms with van der Waals surface area (Å²) in [5.41, 5.74) is 18.1. The molecule has 0 spiro atoms. The second-order valence-electron chi connectivity index (χ2n) is 10.4. The number of amides is 3. The second kappa shape index (κ2) is 17.3. The predicted molar refractivity (Wildman–Crippen MR) is 163 cm³/mol. The minimum Gasteiger partial charge on any atom is -0.508 e. The zero-order valence-electron chi connectivity index (χ0n) is 24.5. The topological polar surface area (TPSA) is 235 Å². The van der Waals surface area contributed by atoms with Gasteiger partial charge >= 0.3 is 5.97 Å². The number of benzene rings is 2. The van der Waals surface area contributed by atoms with Gasteiger partial charge in [-0.05, 0) is 42.0 Å². The number of carbonyl (C=O) groups excluding carboxylic acids is 3. The minimum atomic E-state index is -1.22. The number of carboxylic acids is 1. The van der Waals surface area contributed by atoms with Gasteiger partial charge in [-0.3, -0.25) is 19.4 Å². The van der Waals surface area contributed by atoms with E-state index in [0.717, 1.165) is 5.56 Å². The van der Waals surface area contributed by atoms with Gasteiger partial charge in [-0.25, -0.2) is 4.79 Å². The first-order chi connectivity index (χ1) is 20.4. The maximum atomic E-state index is 13.6. The Morgan fingerprint density at radius 1 is 0.837 bits per heavy atom. The number of nitrogens with zero attached hydrogens (tertiary/aromatic N) is 1. The van der Waals surface area contributed by atoms with E-state index in [2.05, 4.69) is 20.9 Å². The molecule has 0 fully saturated rings. The third-order valence-electron chi connectivity index (χ3n) is 7.00. The van der Waals surface area contributed by atoms with Crippen LogP contribution in [0.4, 0.5) is 0 Å². The number of nitrogens with one attached hydrogen (secondary N) is 3. The van der Waals surface area contributed by atoms with Crippen molar-refractivity contribution in [2.75, 3.05) is 6.54 Å². The highest BCUT2D eigenvalue weighted by atomic mass is 16.4. The van der Waals surface area contributed by atoms with Gasteiger partial charge < -0.3 is 43.4 Å². The van der Waals surface area contributed by atoms with E-state index in [0.29, 0.717) is 18.4 Å². The summed E-state index contributed by atoms with van der Waals surface area (Å²) in [4.78, 5) is 55.8. The molecule has 0 aliphatic carbocycles. The summed E-state index contributed by atoms with van der Waals surface area (Å²) in [5, 5.41) is 27.4. The number of hydrogen-bond acceptors (Lipinski definition) is 7. The summed E-state index contributed by atoms with van der Waals surface area (Å²) in [5.74, 6) is -3.49. The number of rotatable bonds is 17. The maximum Gasteiger partial charge on any atom is 0.326 e. The molecule has 5 unspecified atom stereocenters. The van der Waals surface area contributed by atoms with Crippen LogP contribution >= 0.6 is 0 Å². The molecule has 0 heterocycles. The number of aliphatic carboxylic acids is 1. The highest BCUT2D eigenvalue weighted by Crippen LogP contribution is 2.14. The maximum absolute atomic E-state index is 13.6. The van der Waals surface area contributed by atoms with Crippen molar-refractivity contribution in [3.63, 3.8) is 0 Å². The third-order valence-corrected chi connectivity index (χ3v) is 7.00. The SMILES string of the molecule is CCC(C)C(NC(=O)C(Cc1ccc(O)cc1)NC(=O)C(N)CCCN=C(N)N)C(=O)NC(Cc1ccccc1)C(=O)O. The van der Waals surface area contributed by atoms with E-state index < -0.39 is 47.9 Å². The first-order valence-corrected chi connectivity index (χ1v) is 14.2. The number of carbonyl (C=O) groups is 4. The molecule has 0 aliphatic rings. The van der Waals surface area contributed by atoms with Gasteiger partial charge in [0.25, 0.3) is 0 Å². The zero-order chi connectivity index (χ0) is 31.9. The zero-order valence-corrected chi connectivity index (χ0v) is 24.5. The Bertz CT molecular complexity index is 1240. The Kier molecular flexibility index (Phi) is 13.9. The fraction of sp³-hybridized carbons (Fsp3) is 0.433. The molecule has 0 saturated heterocycles. The average molecular weight is 598 g/mol. The Labute approximate surface area is 251 Å². The molecular formula is C30H43N7O6. The quantitative estimate of drug-likeness (QED) is 0.0702. The van der Waals surface area contributed by atoms with Gasteiger partial charge in [0.05, 0.1) is 6.04 Å². The molecule has 2 aromatic rings. The van der Waals surface area contributed by atoms with Crippen molar-refractivity contribution in [2.45, 2.75) is 70.1 Å². The third kappa shape index (κ3) is 12.0. The van der Waals surface area contributed by atoms with E-state index in [-0.39, 0.29) is 43.4 Å². The fourth-order valence-electron chi connectivity index (χ4n) is 4.27. The molecule has 13 heteroatoms. The van der Waals surface area contributed by atoms with Crippen LogP contribution in [0.2, 0.25) is 0 Å². The lowest BCUT2D eigenvalue weighted by Gasteiger charge is -2.28. The summed E-state index contributed by atoms with van der Waals surface area (Å²) >= 11 is 0. The molecule has 0 saturated carbocycles. The largest absolute Gasteiger partial charge is 0.508 e. The molecule has 43 heavy (non-hydrogen) atoms. The van der Waals surface area contributed by atoms with E-state index in [1.807, 2.05) is 6.92 Å². The molecule has 11 N–H and O–H groups in total. The number of guanidine groups is 1. The number of nitrogens with two attached hydrogens (primary N) is 3. The highest BCUT2D eigenvalue weighted by Gasteiger charge is 2.33. The lowest BCUT2D eigenvalue weighted by molar-refractivity contribution is -0.142. The normalized spacial score (nSPS) is 14.3. The number of aromatic hydroxyl groups is 1. The summed E-state index contributed by atoms with van der Waals surface area (Å²) < 4.78 is 0. The molecule has 2 rings (SSSR count).